The van der Waals surface area contributed by atoms with Gasteiger partial charge >= 0.3 is 5.97 Å². The van der Waals surface area contributed by atoms with E-state index >= 15 is 0 Å². The molecule has 0 radical (unpaired) electrons. The summed E-state index contributed by atoms with van der Waals surface area (Å²) in [6.07, 6.45) is 16.0. The fourth-order valence-corrected chi connectivity index (χ4v) is 13.3. The molecular formula is C41H55N3O3. The van der Waals surface area contributed by atoms with E-state index in [1.54, 1.807) is 29.4 Å². The van der Waals surface area contributed by atoms with Gasteiger partial charge in [0, 0.05) is 19.4 Å². The van der Waals surface area contributed by atoms with E-state index < -0.39 is 5.97 Å². The van der Waals surface area contributed by atoms with Crippen molar-refractivity contribution in [3.63, 3.8) is 0 Å². The molecule has 4 fully saturated rings. The van der Waals surface area contributed by atoms with Gasteiger partial charge in [0.1, 0.15) is 0 Å². The Kier molecular flexibility index (Phi) is 7.36. The molecular weight excluding hydrogens is 582 g/mol. The molecule has 1 aromatic heterocycles. The SMILES string of the molecule is C=C(C)[C@@H]1CC[C@]2(C(=O)N(C)c3ncc[nH]3)CC[C@]3(C)[C@H](CC[C@@H]4[C@@]5(C)CC=C(c6ccc(C(=O)O)cc6)C(C)(C)[C@@H]5CC[C@]43C)[C@@H]12. The van der Waals surface area contributed by atoms with Crippen LogP contribution in [0.3, 0.4) is 0 Å². The molecule has 4 saturated carbocycles. The third-order valence-corrected chi connectivity index (χ3v) is 15.6. The first kappa shape index (κ1) is 32.4. The fraction of sp³-hybridized carbons (Fsp3) is 0.634. The van der Waals surface area contributed by atoms with Crippen molar-refractivity contribution in [3.05, 3.63) is 66.0 Å². The average molecular weight is 638 g/mol. The maximum absolute atomic E-state index is 14.6. The highest BCUT2D eigenvalue weighted by Crippen LogP contribution is 2.78. The average Bonchev–Trinajstić information content (AvgIpc) is 3.70. The Bertz CT molecular complexity index is 1620. The van der Waals surface area contributed by atoms with Crippen LogP contribution in [0.5, 0.6) is 0 Å². The molecule has 9 atom stereocenters. The lowest BCUT2D eigenvalue weighted by atomic mass is 9.32. The number of allylic oxidation sites excluding steroid dienone is 3. The number of nitrogens with zero attached hydrogens (tertiary/aromatic N) is 2. The second-order valence-electron chi connectivity index (χ2n) is 17.5. The summed E-state index contributed by atoms with van der Waals surface area (Å²) in [6.45, 7) is 19.5. The maximum atomic E-state index is 14.6. The third kappa shape index (κ3) is 4.31. The van der Waals surface area contributed by atoms with Crippen LogP contribution in [-0.4, -0.2) is 34.0 Å². The van der Waals surface area contributed by atoms with Crippen molar-refractivity contribution < 1.29 is 14.7 Å². The summed E-state index contributed by atoms with van der Waals surface area (Å²) in [7, 11) is 1.91. The Hall–Kier alpha value is -3.15. The summed E-state index contributed by atoms with van der Waals surface area (Å²) in [6, 6.07) is 7.53. The van der Waals surface area contributed by atoms with Crippen molar-refractivity contribution in [2.24, 2.45) is 56.7 Å². The van der Waals surface area contributed by atoms with E-state index in [2.05, 4.69) is 64.2 Å². The number of carbonyl (C=O) groups excluding carboxylic acids is 1. The number of benzene rings is 1. The molecule has 0 saturated heterocycles. The van der Waals surface area contributed by atoms with Crippen LogP contribution in [-0.2, 0) is 4.79 Å². The zero-order chi connectivity index (χ0) is 33.7. The molecule has 7 rings (SSSR count). The summed E-state index contributed by atoms with van der Waals surface area (Å²) < 4.78 is 0. The second-order valence-corrected chi connectivity index (χ2v) is 17.5. The quantitative estimate of drug-likeness (QED) is 0.320. The zero-order valence-electron chi connectivity index (χ0n) is 29.7. The molecule has 0 unspecified atom stereocenters. The van der Waals surface area contributed by atoms with Crippen molar-refractivity contribution in [2.75, 3.05) is 11.9 Å². The van der Waals surface area contributed by atoms with Gasteiger partial charge in [-0.15, -0.1) is 0 Å². The summed E-state index contributed by atoms with van der Waals surface area (Å²) in [5.41, 5.74) is 4.27. The number of imidazole rings is 1. The van der Waals surface area contributed by atoms with E-state index in [9.17, 15) is 14.7 Å². The van der Waals surface area contributed by atoms with Crippen LogP contribution in [0.2, 0.25) is 0 Å². The Morgan fingerprint density at radius 2 is 1.66 bits per heavy atom. The van der Waals surface area contributed by atoms with Gasteiger partial charge in [-0.05, 0) is 139 Å². The summed E-state index contributed by atoms with van der Waals surface area (Å²) in [5.74, 6) is 2.36. The van der Waals surface area contributed by atoms with Crippen LogP contribution in [0.25, 0.3) is 5.57 Å². The minimum absolute atomic E-state index is 0.0160. The highest BCUT2D eigenvalue weighted by Gasteiger charge is 2.71. The number of carbonyl (C=O) groups is 2. The van der Waals surface area contributed by atoms with Gasteiger partial charge in [0.25, 0.3) is 0 Å². The molecule has 252 valence electrons. The number of amides is 1. The molecule has 47 heavy (non-hydrogen) atoms. The number of hydrogen-bond acceptors (Lipinski definition) is 3. The van der Waals surface area contributed by atoms with Crippen LogP contribution in [0.1, 0.15) is 115 Å². The highest BCUT2D eigenvalue weighted by molar-refractivity contribution is 5.96. The number of nitrogens with one attached hydrogen (secondary N) is 1. The number of H-pyrrole nitrogens is 1. The molecule has 1 aromatic carbocycles. The van der Waals surface area contributed by atoms with E-state index in [1.165, 1.54) is 36.8 Å². The van der Waals surface area contributed by atoms with Crippen LogP contribution in [0.15, 0.2) is 54.9 Å². The van der Waals surface area contributed by atoms with Gasteiger partial charge in [0.05, 0.1) is 11.0 Å². The monoisotopic (exact) mass is 637 g/mol. The van der Waals surface area contributed by atoms with E-state index in [4.69, 9.17) is 0 Å². The van der Waals surface area contributed by atoms with Gasteiger partial charge in [-0.1, -0.05) is 65.0 Å². The van der Waals surface area contributed by atoms with Crippen molar-refractivity contribution >= 4 is 23.4 Å². The number of aromatic carboxylic acids is 1. The van der Waals surface area contributed by atoms with E-state index in [1.807, 2.05) is 19.2 Å². The topological polar surface area (TPSA) is 86.3 Å². The van der Waals surface area contributed by atoms with Crippen molar-refractivity contribution in [1.82, 2.24) is 9.97 Å². The molecule has 2 N–H and O–H groups in total. The largest absolute Gasteiger partial charge is 0.478 e. The van der Waals surface area contributed by atoms with E-state index in [0.717, 1.165) is 37.7 Å². The maximum Gasteiger partial charge on any atom is 0.335 e. The fourth-order valence-electron chi connectivity index (χ4n) is 13.3. The lowest BCUT2D eigenvalue weighted by Crippen LogP contribution is -2.66. The molecule has 0 spiro atoms. The van der Waals surface area contributed by atoms with Gasteiger partial charge in [-0.2, -0.15) is 0 Å². The second kappa shape index (κ2) is 10.7. The number of carboxylic acids is 1. The van der Waals surface area contributed by atoms with Gasteiger partial charge < -0.3 is 10.1 Å². The number of rotatable bonds is 5. The van der Waals surface area contributed by atoms with E-state index in [0.29, 0.717) is 41.1 Å². The predicted molar refractivity (Wildman–Crippen MR) is 188 cm³/mol. The molecule has 5 aliphatic rings. The van der Waals surface area contributed by atoms with Crippen LogP contribution in [0.4, 0.5) is 5.95 Å². The van der Waals surface area contributed by atoms with Gasteiger partial charge in [0.15, 0.2) is 0 Å². The zero-order valence-corrected chi connectivity index (χ0v) is 29.7. The molecule has 0 aliphatic heterocycles. The molecule has 6 nitrogen and oxygen atoms in total. The number of aromatic amines is 1. The molecule has 6 heteroatoms. The van der Waals surface area contributed by atoms with Gasteiger partial charge in [-0.3, -0.25) is 9.69 Å². The normalized spacial score (nSPS) is 40.2. The van der Waals surface area contributed by atoms with Crippen molar-refractivity contribution in [1.29, 1.82) is 0 Å². The third-order valence-electron chi connectivity index (χ3n) is 15.6. The Labute approximate surface area is 281 Å². The van der Waals surface area contributed by atoms with Crippen molar-refractivity contribution in [2.45, 2.75) is 99.3 Å². The standard InChI is InChI=1S/C41H55N3O3/c1-25(2)28-15-20-41(35(47)44(8)36-42-23-24-43-36)22-21-39(6)30(33(28)41)13-14-32-38(5)18-16-29(26-9-11-27(12-10-26)34(45)46)37(3,4)31(38)17-19-40(32,39)7/h9-12,16,23-24,28,30-33H,1,13-15,17-22H2,2-8H3,(H,42,43)(H,45,46)/t28-,30+,31-,32+,33+,38-,39+,40+,41-/m0/s1. The molecule has 0 bridgehead atoms. The number of carboxylic acid groups (broad SMARTS) is 1. The summed E-state index contributed by atoms with van der Waals surface area (Å²) >= 11 is 0. The number of hydrogen-bond donors (Lipinski definition) is 2. The number of fused-ring (bicyclic) bond motifs is 7. The smallest absolute Gasteiger partial charge is 0.335 e. The van der Waals surface area contributed by atoms with Crippen LogP contribution in [0, 0.1) is 56.7 Å². The molecule has 5 aliphatic carbocycles. The van der Waals surface area contributed by atoms with Crippen LogP contribution < -0.4 is 4.90 Å². The van der Waals surface area contributed by atoms with E-state index in [-0.39, 0.29) is 33.0 Å². The summed E-state index contributed by atoms with van der Waals surface area (Å²) in [5, 5.41) is 9.47. The first-order valence-corrected chi connectivity index (χ1v) is 18.1. The minimum Gasteiger partial charge on any atom is -0.478 e. The molecule has 2 aromatic rings. The molecule has 1 heterocycles. The molecule has 1 amide bonds. The first-order valence-electron chi connectivity index (χ1n) is 18.1. The number of anilines is 1. The lowest BCUT2D eigenvalue weighted by molar-refractivity contribution is -0.224. The van der Waals surface area contributed by atoms with Crippen LogP contribution >= 0.6 is 0 Å². The minimum atomic E-state index is -0.877. The Morgan fingerprint density at radius 3 is 2.30 bits per heavy atom. The van der Waals surface area contributed by atoms with Gasteiger partial charge in [-0.25, -0.2) is 9.78 Å². The summed E-state index contributed by atoms with van der Waals surface area (Å²) in [4.78, 5) is 35.6. The van der Waals surface area contributed by atoms with Gasteiger partial charge in [0.2, 0.25) is 11.9 Å². The van der Waals surface area contributed by atoms with Crippen molar-refractivity contribution in [3.8, 4) is 0 Å². The Balaban J connectivity index is 1.24. The predicted octanol–water partition coefficient (Wildman–Crippen LogP) is 9.42. The number of aromatic nitrogens is 2. The lowest BCUT2D eigenvalue weighted by Gasteiger charge is -2.72. The first-order chi connectivity index (χ1) is 22.1. The highest BCUT2D eigenvalue weighted by atomic mass is 16.4. The Morgan fingerprint density at radius 1 is 0.936 bits per heavy atom.